The van der Waals surface area contributed by atoms with Crippen molar-refractivity contribution in [2.45, 2.75) is 24.5 Å². The molecule has 5 heteroatoms. The first-order valence-electron chi connectivity index (χ1n) is 8.94. The second-order valence-electron chi connectivity index (χ2n) is 6.99. The molecule has 3 fully saturated rings. The topological polar surface area (TPSA) is 32.1 Å². The maximum atomic E-state index is 6.82. The molecule has 2 atom stereocenters. The smallest absolute Gasteiger partial charge is 0.484 e. The lowest BCUT2D eigenvalue weighted by molar-refractivity contribution is -0.823. The SMILES string of the molecule is c1ccc(C2(c3ccccc3)O[B-]3(OCCO3)[NH+]3CCCC32)cc1. The number of hydrogen-bond acceptors (Lipinski definition) is 3. The third kappa shape index (κ3) is 1.90. The van der Waals surface area contributed by atoms with Gasteiger partial charge in [0.25, 0.3) is 0 Å². The fourth-order valence-electron chi connectivity index (χ4n) is 4.97. The van der Waals surface area contributed by atoms with Crippen LogP contribution in [0.4, 0.5) is 0 Å². The molecule has 0 radical (unpaired) electrons. The van der Waals surface area contributed by atoms with Crippen molar-refractivity contribution in [1.82, 2.24) is 0 Å². The highest BCUT2D eigenvalue weighted by Gasteiger charge is 2.68. The summed E-state index contributed by atoms with van der Waals surface area (Å²) in [6.07, 6.45) is 2.30. The van der Waals surface area contributed by atoms with Crippen LogP contribution in [0.3, 0.4) is 0 Å². The van der Waals surface area contributed by atoms with Gasteiger partial charge in [0.05, 0.1) is 6.04 Å². The molecule has 3 heterocycles. The molecule has 24 heavy (non-hydrogen) atoms. The van der Waals surface area contributed by atoms with E-state index in [-0.39, 0.29) is 0 Å². The van der Waals surface area contributed by atoms with Gasteiger partial charge in [-0.25, -0.2) is 0 Å². The number of rotatable bonds is 2. The quantitative estimate of drug-likeness (QED) is 0.850. The summed E-state index contributed by atoms with van der Waals surface area (Å²) in [4.78, 5) is 1.35. The molecule has 0 amide bonds. The Hall–Kier alpha value is -1.66. The summed E-state index contributed by atoms with van der Waals surface area (Å²) in [6, 6.07) is 21.5. The van der Waals surface area contributed by atoms with Crippen molar-refractivity contribution in [1.29, 1.82) is 0 Å². The number of hydrogen-bond donors (Lipinski definition) is 1. The van der Waals surface area contributed by atoms with Crippen molar-refractivity contribution in [2.75, 3.05) is 19.8 Å². The van der Waals surface area contributed by atoms with Gasteiger partial charge in [-0.05, 0) is 17.5 Å². The van der Waals surface area contributed by atoms with Crippen molar-refractivity contribution >= 4 is 6.89 Å². The van der Waals surface area contributed by atoms with Crippen LogP contribution in [-0.2, 0) is 19.6 Å². The van der Waals surface area contributed by atoms with Gasteiger partial charge in [0.2, 0.25) is 0 Å². The molecule has 3 aliphatic rings. The van der Waals surface area contributed by atoms with E-state index in [9.17, 15) is 0 Å². The Morgan fingerprint density at radius 1 is 0.875 bits per heavy atom. The van der Waals surface area contributed by atoms with E-state index in [1.54, 1.807) is 0 Å². The molecule has 2 aromatic carbocycles. The molecule has 4 nitrogen and oxygen atoms in total. The third-order valence-corrected chi connectivity index (χ3v) is 5.85. The zero-order chi connectivity index (χ0) is 16.0. The molecule has 5 rings (SSSR count). The predicted octanol–water partition coefficient (Wildman–Crippen LogP) is 1.49. The average molecular weight is 323 g/mol. The molecule has 2 unspecified atom stereocenters. The lowest BCUT2D eigenvalue weighted by Crippen LogP contribution is -3.23. The zero-order valence-corrected chi connectivity index (χ0v) is 13.7. The van der Waals surface area contributed by atoms with E-state index in [0.717, 1.165) is 13.0 Å². The molecule has 3 saturated heterocycles. The second-order valence-corrected chi connectivity index (χ2v) is 6.99. The lowest BCUT2D eigenvalue weighted by Gasteiger charge is -2.36. The number of fused-ring (bicyclic) bond motifs is 2. The van der Waals surface area contributed by atoms with E-state index in [2.05, 4.69) is 60.7 Å². The normalized spacial score (nSPS) is 29.8. The molecule has 0 aliphatic carbocycles. The van der Waals surface area contributed by atoms with Crippen LogP contribution in [0.25, 0.3) is 0 Å². The summed E-state index contributed by atoms with van der Waals surface area (Å²) in [6.45, 7) is 0.559. The van der Waals surface area contributed by atoms with E-state index < -0.39 is 12.5 Å². The third-order valence-electron chi connectivity index (χ3n) is 5.85. The fourth-order valence-corrected chi connectivity index (χ4v) is 4.97. The van der Waals surface area contributed by atoms with Gasteiger partial charge in [-0.15, -0.1) is 0 Å². The average Bonchev–Trinajstić information content (AvgIpc) is 3.36. The Labute approximate surface area is 142 Å². The van der Waals surface area contributed by atoms with Crippen LogP contribution in [0.5, 0.6) is 0 Å². The van der Waals surface area contributed by atoms with Crippen LogP contribution >= 0.6 is 0 Å². The Kier molecular flexibility index (Phi) is 3.32. The maximum absolute atomic E-state index is 6.82. The minimum absolute atomic E-state index is 0.320. The van der Waals surface area contributed by atoms with Crippen molar-refractivity contribution in [3.63, 3.8) is 0 Å². The van der Waals surface area contributed by atoms with E-state index in [1.807, 2.05) is 0 Å². The van der Waals surface area contributed by atoms with Gasteiger partial charge >= 0.3 is 6.89 Å². The van der Waals surface area contributed by atoms with Crippen molar-refractivity contribution in [3.8, 4) is 0 Å². The summed E-state index contributed by atoms with van der Waals surface area (Å²) in [5.41, 5.74) is 1.88. The first kappa shape index (κ1) is 14.7. The Morgan fingerprint density at radius 2 is 1.46 bits per heavy atom. The maximum Gasteiger partial charge on any atom is 0.624 e. The van der Waals surface area contributed by atoms with Crippen LogP contribution in [0, 0.1) is 0 Å². The highest BCUT2D eigenvalue weighted by molar-refractivity contribution is 6.52. The number of benzene rings is 2. The van der Waals surface area contributed by atoms with E-state index >= 15 is 0 Å². The molecule has 0 bridgehead atoms. The zero-order valence-electron chi connectivity index (χ0n) is 13.7. The highest BCUT2D eigenvalue weighted by Crippen LogP contribution is 2.45. The van der Waals surface area contributed by atoms with Gasteiger partial charge in [0.1, 0.15) is 5.60 Å². The molecule has 1 N–H and O–H groups in total. The number of nitrogens with one attached hydrogen (secondary N) is 1. The molecular formula is C19H22BNO3. The Bertz CT molecular complexity index is 678. The van der Waals surface area contributed by atoms with E-state index in [4.69, 9.17) is 14.0 Å². The summed E-state index contributed by atoms with van der Waals surface area (Å²) in [7, 11) is 0. The van der Waals surface area contributed by atoms with Gasteiger partial charge in [-0.2, -0.15) is 0 Å². The molecular weight excluding hydrogens is 301 g/mol. The molecule has 0 aromatic heterocycles. The van der Waals surface area contributed by atoms with Crippen molar-refractivity contribution in [3.05, 3.63) is 71.8 Å². The molecule has 1 spiro atoms. The van der Waals surface area contributed by atoms with E-state index in [0.29, 0.717) is 19.3 Å². The van der Waals surface area contributed by atoms with Gasteiger partial charge < -0.3 is 18.8 Å². The fraction of sp³-hybridized carbons (Fsp3) is 0.368. The van der Waals surface area contributed by atoms with Crippen LogP contribution in [0.2, 0.25) is 0 Å². The minimum Gasteiger partial charge on any atom is -0.484 e. The summed E-state index contributed by atoms with van der Waals surface area (Å²) in [5, 5.41) is 0. The summed E-state index contributed by atoms with van der Waals surface area (Å²) in [5.74, 6) is 0. The van der Waals surface area contributed by atoms with Crippen LogP contribution in [0.15, 0.2) is 60.7 Å². The second kappa shape index (κ2) is 5.43. The van der Waals surface area contributed by atoms with Crippen LogP contribution in [0.1, 0.15) is 24.0 Å². The van der Waals surface area contributed by atoms with Gasteiger partial charge in [0, 0.05) is 26.2 Å². The highest BCUT2D eigenvalue weighted by atomic mass is 16.8. The van der Waals surface area contributed by atoms with Crippen molar-refractivity contribution < 1.29 is 18.8 Å². The molecule has 3 aliphatic heterocycles. The van der Waals surface area contributed by atoms with Gasteiger partial charge in [-0.1, -0.05) is 60.7 Å². The Balaban J connectivity index is 1.73. The van der Waals surface area contributed by atoms with Gasteiger partial charge in [-0.3, -0.25) is 0 Å². The number of quaternary nitrogens is 1. The van der Waals surface area contributed by atoms with E-state index in [1.165, 1.54) is 22.4 Å². The summed E-state index contributed by atoms with van der Waals surface area (Å²) >= 11 is 0. The minimum atomic E-state index is -1.73. The monoisotopic (exact) mass is 323 g/mol. The molecule has 0 saturated carbocycles. The van der Waals surface area contributed by atoms with Crippen molar-refractivity contribution in [2.24, 2.45) is 0 Å². The largest absolute Gasteiger partial charge is 0.624 e. The van der Waals surface area contributed by atoms with Crippen LogP contribution < -0.4 is 4.81 Å². The predicted molar refractivity (Wildman–Crippen MR) is 91.3 cm³/mol. The molecule has 124 valence electrons. The Morgan fingerprint density at radius 3 is 2.04 bits per heavy atom. The molecule has 2 aromatic rings. The van der Waals surface area contributed by atoms with Gasteiger partial charge in [0.15, 0.2) is 0 Å². The summed E-state index contributed by atoms with van der Waals surface area (Å²) < 4.78 is 19.0. The first-order valence-corrected chi connectivity index (χ1v) is 8.94. The first-order chi connectivity index (χ1) is 11.9. The lowest BCUT2D eigenvalue weighted by atomic mass is 9.79. The standard InChI is InChI=1S/C19H22BNO3/c1-3-8-16(9-4-1)19(17-10-5-2-6-11-17)18-12-7-13-21(18)20(24-19)22-14-15-23-20/h1-6,8-11,18,21H,7,12-15H2. The van der Waals surface area contributed by atoms with Crippen LogP contribution in [-0.4, -0.2) is 32.7 Å².